The molecule has 1 aliphatic rings. The molecule has 0 unspecified atom stereocenters. The van der Waals surface area contributed by atoms with Gasteiger partial charge in [0.15, 0.2) is 0 Å². The zero-order valence-corrected chi connectivity index (χ0v) is 13.7. The minimum atomic E-state index is -0.220. The fourth-order valence-electron chi connectivity index (χ4n) is 2.56. The third-order valence-corrected chi connectivity index (χ3v) is 3.86. The number of anilines is 1. The number of urea groups is 1. The fourth-order valence-corrected chi connectivity index (χ4v) is 2.56. The lowest BCUT2D eigenvalue weighted by Gasteiger charge is -2.32. The van der Waals surface area contributed by atoms with Gasteiger partial charge in [-0.3, -0.25) is 0 Å². The van der Waals surface area contributed by atoms with Crippen LogP contribution in [0.5, 0.6) is 0 Å². The Bertz CT molecular complexity index is 642. The molecule has 0 bridgehead atoms. The lowest BCUT2D eigenvalue weighted by Crippen LogP contribution is -2.41. The average molecular weight is 330 g/mol. The van der Waals surface area contributed by atoms with Crippen LogP contribution in [0.2, 0.25) is 0 Å². The topological polar surface area (TPSA) is 79.6 Å². The van der Waals surface area contributed by atoms with Crippen LogP contribution in [-0.2, 0) is 17.8 Å². The summed E-state index contributed by atoms with van der Waals surface area (Å²) in [7, 11) is 0. The second kappa shape index (κ2) is 7.83. The number of ether oxygens (including phenoxy) is 1. The minimum absolute atomic E-state index is 0.220. The fraction of sp³-hybridized carbons (Fsp3) is 0.412. The van der Waals surface area contributed by atoms with Crippen LogP contribution in [-0.4, -0.2) is 36.8 Å². The number of amides is 2. The quantitative estimate of drug-likeness (QED) is 0.875. The number of nitrogens with one attached hydrogen (secondary N) is 2. The second-order valence-corrected chi connectivity index (χ2v) is 5.82. The van der Waals surface area contributed by atoms with E-state index >= 15 is 0 Å². The summed E-state index contributed by atoms with van der Waals surface area (Å²) in [4.78, 5) is 18.5. The first-order valence-corrected chi connectivity index (χ1v) is 8.05. The summed E-state index contributed by atoms with van der Waals surface area (Å²) in [5, 5.41) is 5.58. The van der Waals surface area contributed by atoms with E-state index in [-0.39, 0.29) is 12.1 Å². The number of carbonyl (C=O) groups excluding carboxylic acids is 1. The number of aromatic nitrogens is 1. The van der Waals surface area contributed by atoms with Gasteiger partial charge in [0.25, 0.3) is 0 Å². The van der Waals surface area contributed by atoms with E-state index in [2.05, 4.69) is 27.4 Å². The summed E-state index contributed by atoms with van der Waals surface area (Å²) in [6.45, 7) is 5.36. The first-order valence-electron chi connectivity index (χ1n) is 8.05. The maximum absolute atomic E-state index is 11.8. The van der Waals surface area contributed by atoms with Crippen LogP contribution in [0, 0.1) is 0 Å². The first-order chi connectivity index (χ1) is 11.7. The van der Waals surface area contributed by atoms with Crippen LogP contribution in [0.25, 0.3) is 0 Å². The molecule has 2 N–H and O–H groups in total. The van der Waals surface area contributed by atoms with Gasteiger partial charge in [0.05, 0.1) is 25.2 Å². The molecular weight excluding hydrogens is 308 g/mol. The smallest absolute Gasteiger partial charge is 0.315 e. The molecule has 128 valence electrons. The molecule has 24 heavy (non-hydrogen) atoms. The van der Waals surface area contributed by atoms with Crippen molar-refractivity contribution in [3.05, 3.63) is 48.0 Å². The zero-order valence-electron chi connectivity index (χ0n) is 13.7. The van der Waals surface area contributed by atoms with E-state index in [0.29, 0.717) is 13.1 Å². The van der Waals surface area contributed by atoms with E-state index in [1.807, 2.05) is 18.2 Å². The van der Waals surface area contributed by atoms with E-state index in [1.165, 1.54) is 0 Å². The summed E-state index contributed by atoms with van der Waals surface area (Å²) in [6.07, 6.45) is 5.21. The van der Waals surface area contributed by atoms with E-state index in [1.54, 1.807) is 18.7 Å². The van der Waals surface area contributed by atoms with Crippen molar-refractivity contribution in [2.45, 2.75) is 26.1 Å². The van der Waals surface area contributed by atoms with Crippen LogP contribution in [0.4, 0.5) is 10.6 Å². The molecular formula is C17H22N4O3. The van der Waals surface area contributed by atoms with E-state index in [0.717, 1.165) is 36.6 Å². The number of furan rings is 1. The van der Waals surface area contributed by atoms with Gasteiger partial charge in [-0.25, -0.2) is 9.78 Å². The standard InChI is InChI=1S/C17H22N4O3/c1-13-11-21(5-7-24-13)16-3-2-14(8-18-16)9-19-17(22)20-10-15-4-6-23-12-15/h2-4,6,8,12-13H,5,7,9-11H2,1H3,(H2,19,20,22)/t13-/m1/s1. The Balaban J connectivity index is 1.44. The van der Waals surface area contributed by atoms with Gasteiger partial charge in [-0.15, -0.1) is 0 Å². The minimum Gasteiger partial charge on any atom is -0.472 e. The van der Waals surface area contributed by atoms with Crippen LogP contribution in [0.15, 0.2) is 41.3 Å². The molecule has 7 nitrogen and oxygen atoms in total. The average Bonchev–Trinajstić information content (AvgIpc) is 3.12. The molecule has 1 fully saturated rings. The molecule has 2 aromatic rings. The first kappa shape index (κ1) is 16.3. The van der Waals surface area contributed by atoms with Crippen molar-refractivity contribution in [3.63, 3.8) is 0 Å². The summed E-state index contributed by atoms with van der Waals surface area (Å²) < 4.78 is 10.5. The van der Waals surface area contributed by atoms with Crippen molar-refractivity contribution in [1.29, 1.82) is 0 Å². The Morgan fingerprint density at radius 2 is 2.12 bits per heavy atom. The highest BCUT2D eigenvalue weighted by Crippen LogP contribution is 2.15. The number of hydrogen-bond donors (Lipinski definition) is 2. The summed E-state index contributed by atoms with van der Waals surface area (Å²) >= 11 is 0. The highest BCUT2D eigenvalue weighted by molar-refractivity contribution is 5.73. The monoisotopic (exact) mass is 330 g/mol. The molecule has 0 spiro atoms. The van der Waals surface area contributed by atoms with Gasteiger partial charge in [-0.05, 0) is 24.6 Å². The third-order valence-electron chi connectivity index (χ3n) is 3.86. The van der Waals surface area contributed by atoms with Crippen molar-refractivity contribution in [3.8, 4) is 0 Å². The Labute approximate surface area is 141 Å². The van der Waals surface area contributed by atoms with Crippen LogP contribution >= 0.6 is 0 Å². The van der Waals surface area contributed by atoms with Gasteiger partial charge in [0.1, 0.15) is 5.82 Å². The Morgan fingerprint density at radius 1 is 1.29 bits per heavy atom. The Hall–Kier alpha value is -2.54. The molecule has 0 saturated carbocycles. The van der Waals surface area contributed by atoms with Gasteiger partial charge >= 0.3 is 6.03 Å². The number of carbonyl (C=O) groups is 1. The largest absolute Gasteiger partial charge is 0.472 e. The summed E-state index contributed by atoms with van der Waals surface area (Å²) in [6, 6.07) is 5.56. The zero-order chi connectivity index (χ0) is 16.8. The van der Waals surface area contributed by atoms with Crippen molar-refractivity contribution in [2.75, 3.05) is 24.6 Å². The third kappa shape index (κ3) is 4.48. The molecule has 2 amide bonds. The van der Waals surface area contributed by atoms with E-state index in [4.69, 9.17) is 9.15 Å². The molecule has 7 heteroatoms. The lowest BCUT2D eigenvalue weighted by atomic mass is 10.2. The molecule has 3 heterocycles. The second-order valence-electron chi connectivity index (χ2n) is 5.82. The molecule has 1 aliphatic heterocycles. The van der Waals surface area contributed by atoms with Crippen LogP contribution in [0.3, 0.4) is 0 Å². The van der Waals surface area contributed by atoms with Gasteiger partial charge in [0, 0.05) is 37.9 Å². The van der Waals surface area contributed by atoms with E-state index < -0.39 is 0 Å². The van der Waals surface area contributed by atoms with Gasteiger partial charge in [-0.1, -0.05) is 6.07 Å². The highest BCUT2D eigenvalue weighted by Gasteiger charge is 2.17. The Morgan fingerprint density at radius 3 is 2.79 bits per heavy atom. The van der Waals surface area contributed by atoms with Gasteiger partial charge < -0.3 is 24.7 Å². The van der Waals surface area contributed by atoms with E-state index in [9.17, 15) is 4.79 Å². The maximum atomic E-state index is 11.8. The van der Waals surface area contributed by atoms with Crippen LogP contribution < -0.4 is 15.5 Å². The maximum Gasteiger partial charge on any atom is 0.315 e. The van der Waals surface area contributed by atoms with Gasteiger partial charge in [-0.2, -0.15) is 0 Å². The predicted octanol–water partition coefficient (Wildman–Crippen LogP) is 1.90. The molecule has 1 atom stereocenters. The summed E-state index contributed by atoms with van der Waals surface area (Å²) in [5.41, 5.74) is 1.88. The molecule has 3 rings (SSSR count). The number of rotatable bonds is 5. The van der Waals surface area contributed by atoms with Crippen molar-refractivity contribution < 1.29 is 13.9 Å². The van der Waals surface area contributed by atoms with Crippen LogP contribution in [0.1, 0.15) is 18.1 Å². The molecule has 1 saturated heterocycles. The number of pyridine rings is 1. The predicted molar refractivity (Wildman–Crippen MR) is 89.6 cm³/mol. The number of nitrogens with zero attached hydrogens (tertiary/aromatic N) is 2. The SMILES string of the molecule is C[C@@H]1CN(c2ccc(CNC(=O)NCc3ccoc3)cn2)CCO1. The number of morpholine rings is 1. The van der Waals surface area contributed by atoms with Crippen molar-refractivity contribution in [2.24, 2.45) is 0 Å². The van der Waals surface area contributed by atoms with Gasteiger partial charge in [0.2, 0.25) is 0 Å². The Kier molecular flexibility index (Phi) is 5.32. The highest BCUT2D eigenvalue weighted by atomic mass is 16.5. The van der Waals surface area contributed by atoms with Crippen molar-refractivity contribution >= 4 is 11.8 Å². The number of hydrogen-bond acceptors (Lipinski definition) is 5. The summed E-state index contributed by atoms with van der Waals surface area (Å²) in [5.74, 6) is 0.943. The molecule has 0 radical (unpaired) electrons. The molecule has 0 aliphatic carbocycles. The van der Waals surface area contributed by atoms with Crippen molar-refractivity contribution in [1.82, 2.24) is 15.6 Å². The lowest BCUT2D eigenvalue weighted by molar-refractivity contribution is 0.0529. The molecule has 2 aromatic heterocycles. The normalized spacial score (nSPS) is 17.5. The molecule has 0 aromatic carbocycles.